The quantitative estimate of drug-likeness (QED) is 0.217. The fraction of sp³-hybridized carbons (Fsp3) is 0.0417. The second kappa shape index (κ2) is 12.0. The molecular formula is C24H15Br2Cl2N3O3. The highest BCUT2D eigenvalue weighted by Crippen LogP contribution is 2.34. The zero-order chi connectivity index (χ0) is 24.7. The molecule has 0 aliphatic heterocycles. The highest BCUT2D eigenvalue weighted by molar-refractivity contribution is 9.11. The molecule has 0 aliphatic rings. The summed E-state index contributed by atoms with van der Waals surface area (Å²) in [6.45, 7) is -0.333. The summed E-state index contributed by atoms with van der Waals surface area (Å²) in [5, 5.41) is 15.6. The third-order valence-electron chi connectivity index (χ3n) is 4.32. The highest BCUT2D eigenvalue weighted by Gasteiger charge is 2.16. The average molecular weight is 624 g/mol. The lowest BCUT2D eigenvalue weighted by Crippen LogP contribution is -2.20. The average Bonchev–Trinajstić information content (AvgIpc) is 2.79. The van der Waals surface area contributed by atoms with Crippen molar-refractivity contribution in [3.63, 3.8) is 0 Å². The van der Waals surface area contributed by atoms with E-state index in [9.17, 15) is 14.9 Å². The topological polar surface area (TPSA) is 91.2 Å². The summed E-state index contributed by atoms with van der Waals surface area (Å²) in [4.78, 5) is 25.1. The van der Waals surface area contributed by atoms with Crippen molar-refractivity contribution >= 4 is 84.3 Å². The maximum atomic E-state index is 12.7. The van der Waals surface area contributed by atoms with Crippen molar-refractivity contribution in [3.05, 3.63) is 90.8 Å². The van der Waals surface area contributed by atoms with Gasteiger partial charge in [0, 0.05) is 10.0 Å². The predicted molar refractivity (Wildman–Crippen MR) is 141 cm³/mol. The minimum atomic E-state index is -0.644. The summed E-state index contributed by atoms with van der Waals surface area (Å²) >= 11 is 18.9. The van der Waals surface area contributed by atoms with Crippen LogP contribution >= 0.6 is 55.1 Å². The molecule has 2 N–H and O–H groups in total. The van der Waals surface area contributed by atoms with Crippen LogP contribution in [0.5, 0.6) is 5.75 Å². The number of nitrogens with zero attached hydrogens (tertiary/aromatic N) is 1. The molecule has 10 heteroatoms. The molecule has 0 saturated heterocycles. The van der Waals surface area contributed by atoms with Crippen LogP contribution < -0.4 is 15.4 Å². The summed E-state index contributed by atoms with van der Waals surface area (Å²) in [5.41, 5.74) is 1.04. The van der Waals surface area contributed by atoms with Crippen molar-refractivity contribution in [2.24, 2.45) is 0 Å². The van der Waals surface area contributed by atoms with E-state index in [1.165, 1.54) is 6.08 Å². The Morgan fingerprint density at radius 3 is 2.15 bits per heavy atom. The molecule has 0 aromatic heterocycles. The number of anilines is 2. The number of nitriles is 1. The summed E-state index contributed by atoms with van der Waals surface area (Å²) in [7, 11) is 0. The lowest BCUT2D eigenvalue weighted by Gasteiger charge is -2.13. The van der Waals surface area contributed by atoms with Gasteiger partial charge in [-0.25, -0.2) is 0 Å². The molecule has 0 aliphatic carbocycles. The van der Waals surface area contributed by atoms with Crippen molar-refractivity contribution in [3.8, 4) is 11.8 Å². The van der Waals surface area contributed by atoms with Gasteiger partial charge in [-0.15, -0.1) is 0 Å². The van der Waals surface area contributed by atoms with Gasteiger partial charge in [0.25, 0.3) is 11.8 Å². The highest BCUT2D eigenvalue weighted by atomic mass is 79.9. The van der Waals surface area contributed by atoms with E-state index in [2.05, 4.69) is 42.5 Å². The Morgan fingerprint density at radius 1 is 0.971 bits per heavy atom. The van der Waals surface area contributed by atoms with E-state index >= 15 is 0 Å². The number of carbonyl (C=O) groups is 2. The first kappa shape index (κ1) is 25.8. The Morgan fingerprint density at radius 2 is 1.56 bits per heavy atom. The summed E-state index contributed by atoms with van der Waals surface area (Å²) < 4.78 is 6.91. The molecule has 0 atom stereocenters. The molecule has 3 rings (SSSR count). The zero-order valence-electron chi connectivity index (χ0n) is 17.2. The lowest BCUT2D eigenvalue weighted by molar-refractivity contribution is -0.118. The molecule has 3 aromatic rings. The zero-order valence-corrected chi connectivity index (χ0v) is 21.9. The van der Waals surface area contributed by atoms with Crippen LogP contribution in [0.25, 0.3) is 6.08 Å². The van der Waals surface area contributed by atoms with Gasteiger partial charge in [-0.2, -0.15) is 5.26 Å². The van der Waals surface area contributed by atoms with Crippen molar-refractivity contribution < 1.29 is 14.3 Å². The maximum Gasteiger partial charge on any atom is 0.266 e. The first-order valence-corrected chi connectivity index (χ1v) is 12.0. The molecule has 2 amide bonds. The van der Waals surface area contributed by atoms with Gasteiger partial charge in [-0.05, 0) is 58.4 Å². The summed E-state index contributed by atoms with van der Waals surface area (Å²) in [6.07, 6.45) is 1.36. The molecule has 0 heterocycles. The molecule has 172 valence electrons. The van der Waals surface area contributed by atoms with Gasteiger partial charge >= 0.3 is 0 Å². The summed E-state index contributed by atoms with van der Waals surface area (Å²) in [5.74, 6) is -0.806. The molecule has 0 saturated carbocycles. The van der Waals surface area contributed by atoms with Crippen LogP contribution in [0.2, 0.25) is 10.0 Å². The predicted octanol–water partition coefficient (Wildman–Crippen LogP) is 7.08. The Bertz CT molecular complexity index is 1320. The van der Waals surface area contributed by atoms with Gasteiger partial charge < -0.3 is 15.4 Å². The molecule has 6 nitrogen and oxygen atoms in total. The fourth-order valence-electron chi connectivity index (χ4n) is 2.78. The Balaban J connectivity index is 1.82. The van der Waals surface area contributed by atoms with Crippen molar-refractivity contribution in [1.29, 1.82) is 5.26 Å². The third kappa shape index (κ3) is 6.84. The number of hydrogen-bond donors (Lipinski definition) is 2. The summed E-state index contributed by atoms with van der Waals surface area (Å²) in [6, 6.07) is 18.8. The van der Waals surface area contributed by atoms with Crippen LogP contribution in [0.4, 0.5) is 11.4 Å². The molecule has 0 bridgehead atoms. The minimum absolute atomic E-state index is 0.185. The maximum absolute atomic E-state index is 12.7. The second-order valence-electron chi connectivity index (χ2n) is 6.73. The molecule has 0 unspecified atom stereocenters. The standard InChI is InChI=1S/C24H15Br2Cl2N3O3/c25-16-10-14(9-15(12-29)24(33)31-21-8-4-2-6-19(21)28)23(17(26)11-16)34-13-22(32)30-20-7-3-1-5-18(20)27/h1-11H,13H2,(H,30,32)(H,31,33)/b15-9+. The van der Waals surface area contributed by atoms with Gasteiger partial charge in [-0.3, -0.25) is 9.59 Å². The third-order valence-corrected chi connectivity index (χ3v) is 6.03. The lowest BCUT2D eigenvalue weighted by atomic mass is 10.1. The second-order valence-corrected chi connectivity index (χ2v) is 9.31. The van der Waals surface area contributed by atoms with E-state index in [4.69, 9.17) is 27.9 Å². The van der Waals surface area contributed by atoms with Crippen LogP contribution in [-0.2, 0) is 9.59 Å². The van der Waals surface area contributed by atoms with E-state index in [1.54, 1.807) is 60.7 Å². The van der Waals surface area contributed by atoms with Crippen LogP contribution in [0.1, 0.15) is 5.56 Å². The monoisotopic (exact) mass is 621 g/mol. The fourth-order valence-corrected chi connectivity index (χ4v) is 4.52. The van der Waals surface area contributed by atoms with E-state index < -0.39 is 11.8 Å². The smallest absolute Gasteiger partial charge is 0.266 e. The van der Waals surface area contributed by atoms with Crippen LogP contribution in [0, 0.1) is 11.3 Å². The number of carbonyl (C=O) groups excluding carboxylic acids is 2. The van der Waals surface area contributed by atoms with E-state index in [-0.39, 0.29) is 17.9 Å². The largest absolute Gasteiger partial charge is 0.482 e. The van der Waals surface area contributed by atoms with Gasteiger partial charge in [-0.1, -0.05) is 63.4 Å². The Labute approximate surface area is 222 Å². The van der Waals surface area contributed by atoms with Gasteiger partial charge in [0.1, 0.15) is 17.4 Å². The Hall–Kier alpha value is -2.83. The normalized spacial score (nSPS) is 10.9. The van der Waals surface area contributed by atoms with E-state index in [0.717, 1.165) is 0 Å². The SMILES string of the molecule is N#C/C(=C\c1cc(Br)cc(Br)c1OCC(=O)Nc1ccccc1Cl)C(=O)Nc1ccccc1Cl. The van der Waals surface area contributed by atoms with Gasteiger partial charge in [0.15, 0.2) is 6.61 Å². The van der Waals surface area contributed by atoms with E-state index in [0.29, 0.717) is 35.9 Å². The number of halogens is 4. The number of amides is 2. The number of para-hydroxylation sites is 2. The van der Waals surface area contributed by atoms with Crippen LogP contribution in [0.15, 0.2) is 75.2 Å². The van der Waals surface area contributed by atoms with Crippen LogP contribution in [-0.4, -0.2) is 18.4 Å². The molecule has 0 fully saturated rings. The first-order chi connectivity index (χ1) is 16.3. The molecular weight excluding hydrogens is 609 g/mol. The molecule has 34 heavy (non-hydrogen) atoms. The van der Waals surface area contributed by atoms with Gasteiger partial charge in [0.05, 0.1) is 25.9 Å². The van der Waals surface area contributed by atoms with Gasteiger partial charge in [0.2, 0.25) is 0 Å². The number of benzene rings is 3. The van der Waals surface area contributed by atoms with Crippen molar-refractivity contribution in [2.75, 3.05) is 17.2 Å². The molecule has 0 radical (unpaired) electrons. The molecule has 0 spiro atoms. The minimum Gasteiger partial charge on any atom is -0.482 e. The number of nitrogens with one attached hydrogen (secondary N) is 2. The van der Waals surface area contributed by atoms with Crippen molar-refractivity contribution in [2.45, 2.75) is 0 Å². The van der Waals surface area contributed by atoms with E-state index in [1.807, 2.05) is 6.07 Å². The first-order valence-electron chi connectivity index (χ1n) is 9.62. The number of rotatable bonds is 7. The molecule has 3 aromatic carbocycles. The van der Waals surface area contributed by atoms with Crippen LogP contribution in [0.3, 0.4) is 0 Å². The number of ether oxygens (including phenoxy) is 1. The number of hydrogen-bond acceptors (Lipinski definition) is 4. The Kier molecular flexibility index (Phi) is 9.13. The van der Waals surface area contributed by atoms with Crippen molar-refractivity contribution in [1.82, 2.24) is 0 Å².